The second kappa shape index (κ2) is 9.20. The molecule has 1 saturated carbocycles. The van der Waals surface area contributed by atoms with E-state index in [1.165, 1.54) is 12.8 Å². The topological polar surface area (TPSA) is 44.8 Å². The SMILES string of the molecule is CC(C)[C@@H]1CC[C@@H](C)C[C@H]1O[C@@H]1OC(=O)[C@@H](COCc2ccccc2)[C@@H]1C. The number of cyclic esters (lactones) is 1. The van der Waals surface area contributed by atoms with Gasteiger partial charge in [0, 0.05) is 5.92 Å². The molecule has 0 spiro atoms. The smallest absolute Gasteiger partial charge is 0.314 e. The molecule has 1 aromatic rings. The van der Waals surface area contributed by atoms with Crippen LogP contribution in [0.15, 0.2) is 30.3 Å². The van der Waals surface area contributed by atoms with Crippen LogP contribution < -0.4 is 0 Å². The molecule has 0 radical (unpaired) electrons. The molecule has 4 heteroatoms. The van der Waals surface area contributed by atoms with Gasteiger partial charge in [0.05, 0.1) is 25.2 Å². The molecule has 4 nitrogen and oxygen atoms in total. The Morgan fingerprint density at radius 2 is 1.89 bits per heavy atom. The molecule has 0 amide bonds. The van der Waals surface area contributed by atoms with E-state index in [-0.39, 0.29) is 23.9 Å². The van der Waals surface area contributed by atoms with Crippen LogP contribution in [0.4, 0.5) is 0 Å². The first kappa shape index (κ1) is 20.3. The summed E-state index contributed by atoms with van der Waals surface area (Å²) < 4.78 is 17.8. The standard InChI is InChI=1S/C23H34O4/c1-15(2)19-11-10-16(3)12-21(19)26-23-17(4)20(22(24)27-23)14-25-13-18-8-6-5-7-9-18/h5-9,15-17,19-21,23H,10-14H2,1-4H3/t16-,17+,19+,20+,21-,23-/m1/s1. The molecule has 1 heterocycles. The fourth-order valence-corrected chi connectivity index (χ4v) is 4.41. The highest BCUT2D eigenvalue weighted by molar-refractivity contribution is 5.75. The highest BCUT2D eigenvalue weighted by Gasteiger charge is 2.45. The molecule has 0 N–H and O–H groups in total. The van der Waals surface area contributed by atoms with Crippen LogP contribution >= 0.6 is 0 Å². The van der Waals surface area contributed by atoms with Gasteiger partial charge in [0.15, 0.2) is 0 Å². The molecule has 0 unspecified atom stereocenters. The third kappa shape index (κ3) is 5.11. The summed E-state index contributed by atoms with van der Waals surface area (Å²) in [6, 6.07) is 10.0. The van der Waals surface area contributed by atoms with Gasteiger partial charge in [0.1, 0.15) is 0 Å². The maximum absolute atomic E-state index is 12.4. The van der Waals surface area contributed by atoms with Crippen molar-refractivity contribution in [2.24, 2.45) is 29.6 Å². The molecular weight excluding hydrogens is 340 g/mol. The van der Waals surface area contributed by atoms with Crippen molar-refractivity contribution < 1.29 is 19.0 Å². The number of hydrogen-bond donors (Lipinski definition) is 0. The lowest BCUT2D eigenvalue weighted by atomic mass is 9.75. The number of benzene rings is 1. The summed E-state index contributed by atoms with van der Waals surface area (Å²) in [4.78, 5) is 12.4. The fourth-order valence-electron chi connectivity index (χ4n) is 4.41. The minimum Gasteiger partial charge on any atom is -0.435 e. The number of carbonyl (C=O) groups is 1. The minimum absolute atomic E-state index is 0.0123. The molecule has 6 atom stereocenters. The van der Waals surface area contributed by atoms with Gasteiger partial charge in [-0.2, -0.15) is 0 Å². The van der Waals surface area contributed by atoms with Crippen LogP contribution in [-0.2, 0) is 25.6 Å². The summed E-state index contributed by atoms with van der Waals surface area (Å²) in [5.74, 6) is 1.36. The first-order valence-electron chi connectivity index (χ1n) is 10.4. The van der Waals surface area contributed by atoms with Gasteiger partial charge in [0.25, 0.3) is 0 Å². The van der Waals surface area contributed by atoms with Crippen LogP contribution in [0.3, 0.4) is 0 Å². The molecule has 150 valence electrons. The van der Waals surface area contributed by atoms with E-state index in [1.54, 1.807) is 0 Å². The van der Waals surface area contributed by atoms with Crippen LogP contribution in [0.25, 0.3) is 0 Å². The van der Waals surface area contributed by atoms with Crippen molar-refractivity contribution in [3.05, 3.63) is 35.9 Å². The molecule has 3 rings (SSSR count). The van der Waals surface area contributed by atoms with Crippen molar-refractivity contribution in [2.45, 2.75) is 66.0 Å². The average molecular weight is 375 g/mol. The second-order valence-electron chi connectivity index (χ2n) is 8.77. The zero-order chi connectivity index (χ0) is 19.4. The Morgan fingerprint density at radius 1 is 1.15 bits per heavy atom. The van der Waals surface area contributed by atoms with Gasteiger partial charge >= 0.3 is 5.97 Å². The first-order chi connectivity index (χ1) is 13.0. The van der Waals surface area contributed by atoms with E-state index in [4.69, 9.17) is 14.2 Å². The van der Waals surface area contributed by atoms with Crippen molar-refractivity contribution in [2.75, 3.05) is 6.61 Å². The second-order valence-corrected chi connectivity index (χ2v) is 8.77. The molecule has 1 saturated heterocycles. The van der Waals surface area contributed by atoms with Gasteiger partial charge in [-0.15, -0.1) is 0 Å². The zero-order valence-electron chi connectivity index (χ0n) is 17.1. The normalized spacial score (nSPS) is 34.0. The van der Waals surface area contributed by atoms with Gasteiger partial charge in [-0.05, 0) is 36.2 Å². The monoisotopic (exact) mass is 374 g/mol. The minimum atomic E-state index is -0.445. The van der Waals surface area contributed by atoms with Crippen LogP contribution in [0.2, 0.25) is 0 Å². The van der Waals surface area contributed by atoms with E-state index in [0.717, 1.165) is 12.0 Å². The van der Waals surface area contributed by atoms with Crippen molar-refractivity contribution in [1.29, 1.82) is 0 Å². The molecule has 2 fully saturated rings. The molecule has 1 aromatic carbocycles. The van der Waals surface area contributed by atoms with Gasteiger partial charge in [-0.1, -0.05) is 64.4 Å². The number of hydrogen-bond acceptors (Lipinski definition) is 4. The van der Waals surface area contributed by atoms with Gasteiger partial charge in [-0.3, -0.25) is 4.79 Å². The Balaban J connectivity index is 1.54. The van der Waals surface area contributed by atoms with E-state index < -0.39 is 6.29 Å². The van der Waals surface area contributed by atoms with E-state index >= 15 is 0 Å². The molecule has 1 aliphatic carbocycles. The van der Waals surface area contributed by atoms with Crippen molar-refractivity contribution in [3.8, 4) is 0 Å². The quantitative estimate of drug-likeness (QED) is 0.642. The van der Waals surface area contributed by atoms with Crippen LogP contribution in [0.5, 0.6) is 0 Å². The lowest BCUT2D eigenvalue weighted by molar-refractivity contribution is -0.194. The summed E-state index contributed by atoms with van der Waals surface area (Å²) in [6.45, 7) is 9.75. The van der Waals surface area contributed by atoms with E-state index in [9.17, 15) is 4.79 Å². The third-order valence-corrected chi connectivity index (χ3v) is 6.28. The molecule has 0 aromatic heterocycles. The van der Waals surface area contributed by atoms with Crippen molar-refractivity contribution in [1.82, 2.24) is 0 Å². The lowest BCUT2D eigenvalue weighted by Gasteiger charge is -2.38. The van der Waals surface area contributed by atoms with Crippen LogP contribution in [0.1, 0.15) is 52.5 Å². The molecular formula is C23H34O4. The summed E-state index contributed by atoms with van der Waals surface area (Å²) in [6.07, 6.45) is 3.25. The summed E-state index contributed by atoms with van der Waals surface area (Å²) in [5.41, 5.74) is 1.11. The largest absolute Gasteiger partial charge is 0.435 e. The summed E-state index contributed by atoms with van der Waals surface area (Å²) in [5, 5.41) is 0. The number of esters is 1. The Kier molecular flexibility index (Phi) is 6.93. The number of ether oxygens (including phenoxy) is 3. The Labute approximate surface area is 163 Å². The maximum atomic E-state index is 12.4. The Bertz CT molecular complexity index is 600. The zero-order valence-corrected chi connectivity index (χ0v) is 17.1. The predicted octanol–water partition coefficient (Wildman–Crippen LogP) is 4.82. The van der Waals surface area contributed by atoms with E-state index in [0.29, 0.717) is 31.0 Å². The molecule has 1 aliphatic heterocycles. The Morgan fingerprint density at radius 3 is 2.59 bits per heavy atom. The van der Waals surface area contributed by atoms with Crippen LogP contribution in [-0.4, -0.2) is 25.0 Å². The van der Waals surface area contributed by atoms with E-state index in [2.05, 4.69) is 20.8 Å². The third-order valence-electron chi connectivity index (χ3n) is 6.28. The maximum Gasteiger partial charge on any atom is 0.314 e. The van der Waals surface area contributed by atoms with Gasteiger partial charge < -0.3 is 14.2 Å². The van der Waals surface area contributed by atoms with Crippen molar-refractivity contribution in [3.63, 3.8) is 0 Å². The first-order valence-corrected chi connectivity index (χ1v) is 10.4. The van der Waals surface area contributed by atoms with Gasteiger partial charge in [-0.25, -0.2) is 0 Å². The number of carbonyl (C=O) groups excluding carboxylic acids is 1. The molecule has 27 heavy (non-hydrogen) atoms. The van der Waals surface area contributed by atoms with Crippen molar-refractivity contribution >= 4 is 5.97 Å². The average Bonchev–Trinajstić information content (AvgIpc) is 2.90. The Hall–Kier alpha value is -1.39. The van der Waals surface area contributed by atoms with Gasteiger partial charge in [0.2, 0.25) is 6.29 Å². The number of rotatable bonds is 7. The summed E-state index contributed by atoms with van der Waals surface area (Å²) >= 11 is 0. The summed E-state index contributed by atoms with van der Waals surface area (Å²) in [7, 11) is 0. The van der Waals surface area contributed by atoms with Crippen LogP contribution in [0, 0.1) is 29.6 Å². The highest BCUT2D eigenvalue weighted by atomic mass is 16.7. The molecule has 0 bridgehead atoms. The lowest BCUT2D eigenvalue weighted by Crippen LogP contribution is -2.38. The van der Waals surface area contributed by atoms with E-state index in [1.807, 2.05) is 37.3 Å². The predicted molar refractivity (Wildman–Crippen MR) is 105 cm³/mol. The fraction of sp³-hybridized carbons (Fsp3) is 0.696. The highest BCUT2D eigenvalue weighted by Crippen LogP contribution is 2.39. The molecule has 2 aliphatic rings.